The second kappa shape index (κ2) is 6.65. The predicted octanol–water partition coefficient (Wildman–Crippen LogP) is 4.45. The number of benzene rings is 2. The Labute approximate surface area is 170 Å². The summed E-state index contributed by atoms with van der Waals surface area (Å²) in [6.07, 6.45) is 7.14. The maximum absolute atomic E-state index is 11.2. The highest BCUT2D eigenvalue weighted by Crippen LogP contribution is 2.56. The first kappa shape index (κ1) is 18.3. The van der Waals surface area contributed by atoms with Gasteiger partial charge in [-0.05, 0) is 67.0 Å². The van der Waals surface area contributed by atoms with Crippen molar-refractivity contribution in [1.82, 2.24) is 0 Å². The zero-order valence-electron chi connectivity index (χ0n) is 16.8. The normalized spacial score (nSPS) is 27.7. The van der Waals surface area contributed by atoms with E-state index in [0.29, 0.717) is 12.0 Å². The number of piperidine rings is 1. The fraction of sp³-hybridized carbons (Fsp3) is 0.478. The zero-order valence-corrected chi connectivity index (χ0v) is 16.8. The van der Waals surface area contributed by atoms with Gasteiger partial charge in [-0.3, -0.25) is 10.1 Å². The third kappa shape index (κ3) is 2.69. The summed E-state index contributed by atoms with van der Waals surface area (Å²) in [6.45, 7) is 0.953. The summed E-state index contributed by atoms with van der Waals surface area (Å²) in [6, 6.07) is 12.2. The SMILES string of the molecule is COc1ccc2c(c1)[C@]13CCCC[C@@H]1[C@H](C2)N(c1ccc([N+](=O)[O-])c(N)c1)CC3. The molecule has 2 N–H and O–H groups in total. The Bertz CT molecular complexity index is 976. The Morgan fingerprint density at radius 2 is 2.07 bits per heavy atom. The Hall–Kier alpha value is -2.76. The van der Waals surface area contributed by atoms with E-state index in [1.165, 1.54) is 36.8 Å². The lowest BCUT2D eigenvalue weighted by molar-refractivity contribution is -0.383. The molecule has 0 aromatic heterocycles. The smallest absolute Gasteiger partial charge is 0.292 e. The molecular weight excluding hydrogens is 366 g/mol. The maximum Gasteiger partial charge on any atom is 0.292 e. The minimum absolute atomic E-state index is 0.0149. The number of nitro benzene ring substituents is 1. The molecule has 2 aromatic carbocycles. The maximum atomic E-state index is 11.2. The highest BCUT2D eigenvalue weighted by Gasteiger charge is 2.54. The summed E-state index contributed by atoms with van der Waals surface area (Å²) in [5, 5.41) is 11.2. The molecule has 5 rings (SSSR count). The van der Waals surface area contributed by atoms with Gasteiger partial charge in [-0.25, -0.2) is 0 Å². The van der Waals surface area contributed by atoms with Crippen molar-refractivity contribution < 1.29 is 9.66 Å². The minimum atomic E-state index is -0.411. The molecular formula is C23H27N3O3. The molecule has 6 heteroatoms. The van der Waals surface area contributed by atoms with Gasteiger partial charge >= 0.3 is 0 Å². The van der Waals surface area contributed by atoms with Crippen LogP contribution in [0.25, 0.3) is 0 Å². The third-order valence-corrected chi connectivity index (χ3v) is 7.58. The van der Waals surface area contributed by atoms with Crippen LogP contribution in [0.4, 0.5) is 17.1 Å². The number of hydrogen-bond acceptors (Lipinski definition) is 5. The van der Waals surface area contributed by atoms with E-state index in [4.69, 9.17) is 10.5 Å². The monoisotopic (exact) mass is 393 g/mol. The van der Waals surface area contributed by atoms with Crippen LogP contribution >= 0.6 is 0 Å². The summed E-state index contributed by atoms with van der Waals surface area (Å²) < 4.78 is 5.55. The van der Waals surface area contributed by atoms with Crippen LogP contribution in [-0.4, -0.2) is 24.6 Å². The molecule has 1 saturated heterocycles. The van der Waals surface area contributed by atoms with Crippen molar-refractivity contribution in [2.24, 2.45) is 5.92 Å². The summed E-state index contributed by atoms with van der Waals surface area (Å²) >= 11 is 0. The standard InChI is InChI=1S/C23H27N3O3/c1-29-17-7-5-15-12-22-18-4-2-3-9-23(18,19(15)14-17)10-11-25(22)16-6-8-21(26(27)28)20(24)13-16/h5-8,13-14,18,22H,2-4,9-12,24H2,1H3/t18-,22+,23+/m1/s1. The van der Waals surface area contributed by atoms with Gasteiger partial charge in [-0.15, -0.1) is 0 Å². The van der Waals surface area contributed by atoms with E-state index in [2.05, 4.69) is 23.1 Å². The molecule has 1 saturated carbocycles. The summed E-state index contributed by atoms with van der Waals surface area (Å²) in [5.74, 6) is 1.55. The van der Waals surface area contributed by atoms with E-state index in [0.717, 1.165) is 30.8 Å². The van der Waals surface area contributed by atoms with Gasteiger partial charge in [-0.1, -0.05) is 18.9 Å². The number of fused-ring (bicyclic) bond motifs is 1. The molecule has 3 atom stereocenters. The number of hydrogen-bond donors (Lipinski definition) is 1. The lowest BCUT2D eigenvalue weighted by Gasteiger charge is -2.59. The highest BCUT2D eigenvalue weighted by molar-refractivity contribution is 5.67. The molecule has 0 unspecified atom stereocenters. The van der Waals surface area contributed by atoms with Gasteiger partial charge in [0.25, 0.3) is 5.69 Å². The molecule has 29 heavy (non-hydrogen) atoms. The molecule has 0 spiro atoms. The third-order valence-electron chi connectivity index (χ3n) is 7.58. The molecule has 1 heterocycles. The number of nitrogens with zero attached hydrogens (tertiary/aromatic N) is 2. The van der Waals surface area contributed by atoms with Gasteiger partial charge in [0.1, 0.15) is 11.4 Å². The van der Waals surface area contributed by atoms with Crippen molar-refractivity contribution in [3.63, 3.8) is 0 Å². The number of ether oxygens (including phenoxy) is 1. The van der Waals surface area contributed by atoms with E-state index < -0.39 is 4.92 Å². The second-order valence-corrected chi connectivity index (χ2v) is 8.75. The topological polar surface area (TPSA) is 81.6 Å². The Morgan fingerprint density at radius 3 is 2.83 bits per heavy atom. The molecule has 2 aliphatic carbocycles. The quantitative estimate of drug-likeness (QED) is 0.473. The van der Waals surface area contributed by atoms with Crippen LogP contribution in [0.15, 0.2) is 36.4 Å². The minimum Gasteiger partial charge on any atom is -0.497 e. The molecule has 0 radical (unpaired) electrons. The highest BCUT2D eigenvalue weighted by atomic mass is 16.6. The van der Waals surface area contributed by atoms with Crippen molar-refractivity contribution in [1.29, 1.82) is 0 Å². The number of methoxy groups -OCH3 is 1. The van der Waals surface area contributed by atoms with Crippen molar-refractivity contribution in [3.8, 4) is 5.75 Å². The van der Waals surface area contributed by atoms with Gasteiger partial charge in [0, 0.05) is 29.8 Å². The first-order chi connectivity index (χ1) is 14.0. The lowest BCUT2D eigenvalue weighted by atomic mass is 9.52. The number of nitrogen functional groups attached to an aromatic ring is 1. The first-order valence-corrected chi connectivity index (χ1v) is 10.5. The summed E-state index contributed by atoms with van der Waals surface area (Å²) in [4.78, 5) is 13.2. The van der Waals surface area contributed by atoms with Gasteiger partial charge in [0.05, 0.1) is 12.0 Å². The van der Waals surface area contributed by atoms with Gasteiger partial charge < -0.3 is 15.4 Å². The van der Waals surface area contributed by atoms with Crippen LogP contribution in [0, 0.1) is 16.0 Å². The zero-order chi connectivity index (χ0) is 20.2. The number of nitrogens with two attached hydrogens (primary N) is 1. The van der Waals surface area contributed by atoms with Gasteiger partial charge in [-0.2, -0.15) is 0 Å². The summed E-state index contributed by atoms with van der Waals surface area (Å²) in [7, 11) is 1.74. The molecule has 6 nitrogen and oxygen atoms in total. The Kier molecular flexibility index (Phi) is 4.19. The van der Waals surface area contributed by atoms with E-state index in [1.807, 2.05) is 6.07 Å². The van der Waals surface area contributed by atoms with Crippen molar-refractivity contribution in [2.45, 2.75) is 50.0 Å². The van der Waals surface area contributed by atoms with Gasteiger partial charge in [0.15, 0.2) is 0 Å². The van der Waals surface area contributed by atoms with Crippen LogP contribution in [0.3, 0.4) is 0 Å². The van der Waals surface area contributed by atoms with E-state index in [9.17, 15) is 10.1 Å². The van der Waals surface area contributed by atoms with E-state index >= 15 is 0 Å². The molecule has 152 valence electrons. The van der Waals surface area contributed by atoms with Crippen LogP contribution in [0.1, 0.15) is 43.2 Å². The van der Waals surface area contributed by atoms with Gasteiger partial charge in [0.2, 0.25) is 0 Å². The number of nitro groups is 1. The van der Waals surface area contributed by atoms with Crippen molar-refractivity contribution in [2.75, 3.05) is 24.3 Å². The van der Waals surface area contributed by atoms with Crippen LogP contribution in [0.2, 0.25) is 0 Å². The van der Waals surface area contributed by atoms with Crippen LogP contribution in [0.5, 0.6) is 5.75 Å². The van der Waals surface area contributed by atoms with Crippen LogP contribution in [-0.2, 0) is 11.8 Å². The molecule has 2 aromatic rings. The van der Waals surface area contributed by atoms with E-state index in [1.54, 1.807) is 19.2 Å². The van der Waals surface area contributed by atoms with Crippen molar-refractivity contribution >= 4 is 17.1 Å². The number of anilines is 2. The fourth-order valence-corrected chi connectivity index (χ4v) is 6.32. The second-order valence-electron chi connectivity index (χ2n) is 8.75. The molecule has 2 bridgehead atoms. The Morgan fingerprint density at radius 1 is 1.21 bits per heavy atom. The largest absolute Gasteiger partial charge is 0.497 e. The fourth-order valence-electron chi connectivity index (χ4n) is 6.32. The lowest BCUT2D eigenvalue weighted by Crippen LogP contribution is -2.61. The molecule has 2 fully saturated rings. The van der Waals surface area contributed by atoms with Crippen molar-refractivity contribution in [3.05, 3.63) is 57.6 Å². The Balaban J connectivity index is 1.57. The van der Waals surface area contributed by atoms with E-state index in [-0.39, 0.29) is 16.8 Å². The summed E-state index contributed by atoms with van der Waals surface area (Å²) in [5.41, 5.74) is 10.4. The predicted molar refractivity (Wildman–Crippen MR) is 114 cm³/mol. The first-order valence-electron chi connectivity index (χ1n) is 10.5. The average molecular weight is 393 g/mol. The molecule has 3 aliphatic rings. The molecule has 0 amide bonds. The average Bonchev–Trinajstić information content (AvgIpc) is 2.73. The molecule has 1 aliphatic heterocycles. The van der Waals surface area contributed by atoms with Crippen LogP contribution < -0.4 is 15.4 Å². The number of rotatable bonds is 3.